The molecule has 1 aromatic heterocycles. The van der Waals surface area contributed by atoms with E-state index in [1.54, 1.807) is 32.2 Å². The summed E-state index contributed by atoms with van der Waals surface area (Å²) in [5.74, 6) is -1.24. The quantitative estimate of drug-likeness (QED) is 0.736. The average Bonchev–Trinajstić information content (AvgIpc) is 2.26. The second-order valence-electron chi connectivity index (χ2n) is 3.90. The molecule has 1 atom stereocenters. The number of hydrogen-bond donors (Lipinski definition) is 3. The van der Waals surface area contributed by atoms with E-state index in [4.69, 9.17) is 5.11 Å². The number of aromatic nitrogens is 1. The number of urea groups is 1. The molecule has 0 aliphatic rings. The van der Waals surface area contributed by atoms with E-state index >= 15 is 0 Å². The van der Waals surface area contributed by atoms with E-state index in [9.17, 15) is 9.59 Å². The summed E-state index contributed by atoms with van der Waals surface area (Å²) in [4.78, 5) is 26.2. The fraction of sp³-hybridized carbons (Fsp3) is 0.364. The zero-order valence-electron chi connectivity index (χ0n) is 9.68. The molecular weight excluding hydrogens is 222 g/mol. The molecule has 92 valence electrons. The number of carboxylic acid groups (broad SMARTS) is 1. The molecule has 0 fully saturated rings. The van der Waals surface area contributed by atoms with E-state index in [0.717, 1.165) is 0 Å². The van der Waals surface area contributed by atoms with Crippen LogP contribution in [0.5, 0.6) is 0 Å². The smallest absolute Gasteiger partial charge is 0.326 e. The van der Waals surface area contributed by atoms with Crippen LogP contribution in [0.25, 0.3) is 0 Å². The van der Waals surface area contributed by atoms with Gasteiger partial charge in [-0.05, 0) is 18.1 Å². The molecule has 0 aliphatic carbocycles. The van der Waals surface area contributed by atoms with Crippen molar-refractivity contribution in [1.82, 2.24) is 10.3 Å². The Morgan fingerprint density at radius 3 is 2.59 bits per heavy atom. The maximum absolute atomic E-state index is 11.5. The Morgan fingerprint density at radius 1 is 1.41 bits per heavy atom. The lowest BCUT2D eigenvalue weighted by Crippen LogP contribution is -2.46. The minimum atomic E-state index is -1.05. The maximum atomic E-state index is 11.5. The van der Waals surface area contributed by atoms with Gasteiger partial charge in [-0.3, -0.25) is 4.98 Å². The molecule has 0 saturated heterocycles. The molecule has 1 rings (SSSR count). The number of anilines is 1. The Balaban J connectivity index is 2.57. The highest BCUT2D eigenvalue weighted by atomic mass is 16.4. The number of carbonyl (C=O) groups is 2. The van der Waals surface area contributed by atoms with E-state index in [0.29, 0.717) is 5.69 Å². The third-order valence-corrected chi connectivity index (χ3v) is 2.14. The first kappa shape index (κ1) is 13.0. The highest BCUT2D eigenvalue weighted by Gasteiger charge is 2.23. The molecule has 0 bridgehead atoms. The molecule has 17 heavy (non-hydrogen) atoms. The third kappa shape index (κ3) is 4.10. The number of carboxylic acids is 1. The first-order chi connectivity index (χ1) is 8.00. The van der Waals surface area contributed by atoms with Crippen molar-refractivity contribution in [3.8, 4) is 0 Å². The Labute approximate surface area is 99.1 Å². The van der Waals surface area contributed by atoms with Crippen LogP contribution < -0.4 is 10.6 Å². The standard InChI is InChI=1S/C11H15N3O3/c1-7(2)9(10(15)16)14-11(17)13-8-4-3-5-12-6-8/h3-7,9H,1-2H3,(H,15,16)(H2,13,14,17)/t9-/m1/s1. The van der Waals surface area contributed by atoms with E-state index in [2.05, 4.69) is 15.6 Å². The van der Waals surface area contributed by atoms with Crippen molar-refractivity contribution >= 4 is 17.7 Å². The first-order valence-corrected chi connectivity index (χ1v) is 5.21. The van der Waals surface area contributed by atoms with Gasteiger partial charge in [-0.1, -0.05) is 13.8 Å². The number of amides is 2. The molecule has 1 heterocycles. The lowest BCUT2D eigenvalue weighted by molar-refractivity contribution is -0.140. The van der Waals surface area contributed by atoms with E-state index in [1.165, 1.54) is 6.20 Å². The van der Waals surface area contributed by atoms with Gasteiger partial charge in [0.1, 0.15) is 6.04 Å². The summed E-state index contributed by atoms with van der Waals surface area (Å²) in [6.07, 6.45) is 3.06. The van der Waals surface area contributed by atoms with E-state index < -0.39 is 18.0 Å². The normalized spacial score (nSPS) is 11.9. The number of rotatable bonds is 4. The van der Waals surface area contributed by atoms with E-state index in [1.807, 2.05) is 0 Å². The largest absolute Gasteiger partial charge is 0.480 e. The molecule has 1 aromatic rings. The highest BCUT2D eigenvalue weighted by Crippen LogP contribution is 2.05. The summed E-state index contributed by atoms with van der Waals surface area (Å²) < 4.78 is 0. The highest BCUT2D eigenvalue weighted by molar-refractivity contribution is 5.92. The van der Waals surface area contributed by atoms with Crippen molar-refractivity contribution in [2.75, 3.05) is 5.32 Å². The van der Waals surface area contributed by atoms with Gasteiger partial charge in [0.25, 0.3) is 0 Å². The average molecular weight is 237 g/mol. The summed E-state index contributed by atoms with van der Waals surface area (Å²) in [5, 5.41) is 13.8. The summed E-state index contributed by atoms with van der Waals surface area (Å²) in [7, 11) is 0. The predicted molar refractivity (Wildman–Crippen MR) is 62.7 cm³/mol. The minimum Gasteiger partial charge on any atom is -0.480 e. The summed E-state index contributed by atoms with van der Waals surface area (Å²) in [5.41, 5.74) is 0.512. The molecule has 0 aliphatic heterocycles. The zero-order valence-corrected chi connectivity index (χ0v) is 9.68. The Bertz CT molecular complexity index is 392. The van der Waals surface area contributed by atoms with Gasteiger partial charge in [0.15, 0.2) is 0 Å². The van der Waals surface area contributed by atoms with Gasteiger partial charge in [-0.15, -0.1) is 0 Å². The Morgan fingerprint density at radius 2 is 2.12 bits per heavy atom. The Kier molecular flexibility index (Phi) is 4.45. The van der Waals surface area contributed by atoms with Crippen LogP contribution >= 0.6 is 0 Å². The van der Waals surface area contributed by atoms with Gasteiger partial charge in [-0.25, -0.2) is 9.59 Å². The van der Waals surface area contributed by atoms with Crippen molar-refractivity contribution in [3.63, 3.8) is 0 Å². The summed E-state index contributed by atoms with van der Waals surface area (Å²) in [6.45, 7) is 3.45. The molecule has 0 saturated carbocycles. The summed E-state index contributed by atoms with van der Waals surface area (Å²) in [6, 6.07) is 1.87. The second-order valence-corrected chi connectivity index (χ2v) is 3.90. The van der Waals surface area contributed by atoms with Crippen LogP contribution in [0.1, 0.15) is 13.8 Å². The van der Waals surface area contributed by atoms with Crippen LogP contribution in [0.4, 0.5) is 10.5 Å². The first-order valence-electron chi connectivity index (χ1n) is 5.21. The van der Waals surface area contributed by atoms with Crippen LogP contribution in [-0.2, 0) is 4.79 Å². The monoisotopic (exact) mass is 237 g/mol. The van der Waals surface area contributed by atoms with Gasteiger partial charge in [0.2, 0.25) is 0 Å². The van der Waals surface area contributed by atoms with Crippen molar-refractivity contribution in [2.24, 2.45) is 5.92 Å². The fourth-order valence-electron chi connectivity index (χ4n) is 1.26. The molecule has 3 N–H and O–H groups in total. The molecule has 6 nitrogen and oxygen atoms in total. The topological polar surface area (TPSA) is 91.3 Å². The van der Waals surface area contributed by atoms with Crippen LogP contribution in [0.2, 0.25) is 0 Å². The fourth-order valence-corrected chi connectivity index (χ4v) is 1.26. The lowest BCUT2D eigenvalue weighted by Gasteiger charge is -2.18. The van der Waals surface area contributed by atoms with Crippen LogP contribution in [0.3, 0.4) is 0 Å². The molecule has 0 radical (unpaired) electrons. The molecule has 0 aromatic carbocycles. The SMILES string of the molecule is CC(C)[C@@H](NC(=O)Nc1cccnc1)C(=O)O. The number of hydrogen-bond acceptors (Lipinski definition) is 3. The predicted octanol–water partition coefficient (Wildman–Crippen LogP) is 1.31. The molecule has 6 heteroatoms. The third-order valence-electron chi connectivity index (χ3n) is 2.14. The Hall–Kier alpha value is -2.11. The van der Waals surface area contributed by atoms with Gasteiger partial charge in [0, 0.05) is 6.20 Å². The minimum absolute atomic E-state index is 0.188. The number of carbonyl (C=O) groups excluding carboxylic acids is 1. The molecule has 0 spiro atoms. The number of nitrogens with zero attached hydrogens (tertiary/aromatic N) is 1. The van der Waals surface area contributed by atoms with Gasteiger partial charge < -0.3 is 15.7 Å². The summed E-state index contributed by atoms with van der Waals surface area (Å²) >= 11 is 0. The number of pyridine rings is 1. The second kappa shape index (κ2) is 5.83. The van der Waals surface area contributed by atoms with Crippen molar-refractivity contribution in [1.29, 1.82) is 0 Å². The van der Waals surface area contributed by atoms with Gasteiger partial charge >= 0.3 is 12.0 Å². The van der Waals surface area contributed by atoms with Crippen LogP contribution in [0, 0.1) is 5.92 Å². The molecule has 0 unspecified atom stereocenters. The van der Waals surface area contributed by atoms with Crippen molar-refractivity contribution < 1.29 is 14.7 Å². The lowest BCUT2D eigenvalue weighted by atomic mass is 10.1. The van der Waals surface area contributed by atoms with Gasteiger partial charge in [-0.2, -0.15) is 0 Å². The molecular formula is C11H15N3O3. The van der Waals surface area contributed by atoms with Crippen molar-refractivity contribution in [3.05, 3.63) is 24.5 Å². The number of aliphatic carboxylic acids is 1. The van der Waals surface area contributed by atoms with Gasteiger partial charge in [0.05, 0.1) is 11.9 Å². The maximum Gasteiger partial charge on any atom is 0.326 e. The number of nitrogens with one attached hydrogen (secondary N) is 2. The molecule has 2 amide bonds. The van der Waals surface area contributed by atoms with Crippen LogP contribution in [0.15, 0.2) is 24.5 Å². The van der Waals surface area contributed by atoms with E-state index in [-0.39, 0.29) is 5.92 Å². The zero-order chi connectivity index (χ0) is 12.8. The van der Waals surface area contributed by atoms with Crippen molar-refractivity contribution in [2.45, 2.75) is 19.9 Å². The van der Waals surface area contributed by atoms with Crippen LogP contribution in [-0.4, -0.2) is 28.1 Å².